The lowest BCUT2D eigenvalue weighted by Gasteiger charge is -2.48. The fourth-order valence-corrected chi connectivity index (χ4v) is 17.4. The van der Waals surface area contributed by atoms with Crippen LogP contribution >= 0.6 is 0 Å². The van der Waals surface area contributed by atoms with E-state index in [1.165, 1.54) is 0 Å². The molecule has 0 aliphatic carbocycles. The van der Waals surface area contributed by atoms with Crippen molar-refractivity contribution in [1.29, 1.82) is 0 Å². The highest BCUT2D eigenvalue weighted by Gasteiger charge is 2.65. The second-order valence-corrected chi connectivity index (χ2v) is 30.4. The van der Waals surface area contributed by atoms with Gasteiger partial charge in [-0.05, 0) is 148 Å². The van der Waals surface area contributed by atoms with Gasteiger partial charge in [0.1, 0.15) is 18.1 Å². The zero-order chi connectivity index (χ0) is 69.5. The molecule has 0 aromatic carbocycles. The Kier molecular flexibility index (Phi) is 24.5. The maximum Gasteiger partial charge on any atom is 0.412 e. The summed E-state index contributed by atoms with van der Waals surface area (Å²) in [4.78, 5) is 94.5. The van der Waals surface area contributed by atoms with Gasteiger partial charge in [-0.1, -0.05) is 67.5 Å². The van der Waals surface area contributed by atoms with Crippen LogP contribution in [0, 0.1) is 41.4 Å². The first kappa shape index (κ1) is 76.2. The molecular weight excluding hydrogens is 1200 g/mol. The molecule has 8 saturated heterocycles. The van der Waals surface area contributed by atoms with Crippen LogP contribution in [-0.2, 0) is 66.5 Å². The van der Waals surface area contributed by atoms with Crippen molar-refractivity contribution in [2.24, 2.45) is 41.4 Å². The van der Waals surface area contributed by atoms with E-state index in [1.54, 1.807) is 49.6 Å². The molecule has 23 heteroatoms. The number of carbonyl (C=O) groups excluding carboxylic acids is 6. The average molecular weight is 1320 g/mol. The minimum Gasteiger partial charge on any atom is -0.458 e. The smallest absolute Gasteiger partial charge is 0.412 e. The van der Waals surface area contributed by atoms with Crippen molar-refractivity contribution in [3.63, 3.8) is 0 Å². The van der Waals surface area contributed by atoms with E-state index >= 15 is 4.39 Å². The Morgan fingerprint density at radius 1 is 0.591 bits per heavy atom. The lowest BCUT2D eigenvalue weighted by molar-refractivity contribution is -0.283. The van der Waals surface area contributed by atoms with Crippen LogP contribution in [0.3, 0.4) is 0 Å². The Morgan fingerprint density at radius 2 is 0.978 bits per heavy atom. The second-order valence-electron chi connectivity index (χ2n) is 30.4. The largest absolute Gasteiger partial charge is 0.458 e. The van der Waals surface area contributed by atoms with E-state index in [0.717, 1.165) is 19.8 Å². The first-order valence-electron chi connectivity index (χ1n) is 34.4. The van der Waals surface area contributed by atoms with Gasteiger partial charge in [0.05, 0.1) is 74.3 Å². The first-order chi connectivity index (χ1) is 43.3. The standard InChI is InChI=1S/C35H58FN3O8.C35H59N3O8/c1-13-15-43-33(8)17-20(3)18-38-19-39-27(24(38)7)35(10,47-32(39)42)26(14-2)45-31(41)34(9,36)28(40)23(6)29(33)46-30-22(5)25(37(11)12)16-21(4)44-30;1-13-15-42-34(9)17-20(3)18-37-19-38-29(25(37)8)35(10,46-33(38)41)27(14-2)44-31(40)24(7)28(39)23(6)30(34)45-32-22(5)26(36(11)12)16-21(4)43-32/h13,20-27,29-30H,1,14-19H2,2-12H3;13,20-27,29-30,32H,1,14-19H2,2-12H3/t20-,21?,22?,23+,24-,25?,26-,27-,29?,30+,33-,34?,35-;20-,21?,22?,23+,24-,25-,26?,27-,29-,30?,32+,34-,35-/m11/s1. The van der Waals surface area contributed by atoms with E-state index in [2.05, 4.69) is 74.5 Å². The molecule has 8 rings (SSSR count). The van der Waals surface area contributed by atoms with Gasteiger partial charge < -0.3 is 57.2 Å². The predicted molar refractivity (Wildman–Crippen MR) is 348 cm³/mol. The van der Waals surface area contributed by atoms with Crippen LogP contribution in [0.2, 0.25) is 0 Å². The Bertz CT molecular complexity index is 2670. The number of alkyl halides is 1. The van der Waals surface area contributed by atoms with Crippen LogP contribution < -0.4 is 0 Å². The number of ether oxygens (including phenoxy) is 10. The summed E-state index contributed by atoms with van der Waals surface area (Å²) in [6.45, 7) is 43.9. The number of halogens is 1. The molecule has 8 aliphatic rings. The number of fused-ring (bicyclic) bond motifs is 2. The number of hydrogen-bond donors (Lipinski definition) is 0. The zero-order valence-corrected chi connectivity index (χ0v) is 60.3. The van der Waals surface area contributed by atoms with Crippen LogP contribution in [0.5, 0.6) is 0 Å². The molecule has 22 nitrogen and oxygen atoms in total. The Labute approximate surface area is 554 Å². The Morgan fingerprint density at radius 3 is 1.35 bits per heavy atom. The summed E-state index contributed by atoms with van der Waals surface area (Å²) < 4.78 is 80.1. The lowest BCUT2D eigenvalue weighted by atomic mass is 9.77. The molecule has 0 aromatic heterocycles. The molecule has 11 unspecified atom stereocenters. The molecule has 8 heterocycles. The van der Waals surface area contributed by atoms with E-state index in [1.807, 2.05) is 76.4 Å². The van der Waals surface area contributed by atoms with Gasteiger partial charge in [0.25, 0.3) is 5.67 Å². The number of Topliss-reactive ketones (excluding diaryl/α,β-unsaturated/α-hetero) is 2. The summed E-state index contributed by atoms with van der Waals surface area (Å²) in [5.74, 6) is -6.16. The average Bonchev–Trinajstić information content (AvgIpc) is 1.59. The number of ketones is 2. The molecular formula is C70H117FN6O16. The lowest BCUT2D eigenvalue weighted by Crippen LogP contribution is -2.59. The van der Waals surface area contributed by atoms with Gasteiger partial charge in [0.15, 0.2) is 35.3 Å². The highest BCUT2D eigenvalue weighted by atomic mass is 19.1. The fourth-order valence-electron chi connectivity index (χ4n) is 17.4. The molecule has 2 amide bonds. The van der Waals surface area contributed by atoms with Crippen LogP contribution in [0.1, 0.15) is 163 Å². The summed E-state index contributed by atoms with van der Waals surface area (Å²) in [6.07, 6.45) is 0.851. The van der Waals surface area contributed by atoms with E-state index in [-0.39, 0.29) is 91.5 Å². The van der Waals surface area contributed by atoms with Gasteiger partial charge in [-0.15, -0.1) is 13.2 Å². The summed E-state index contributed by atoms with van der Waals surface area (Å²) in [7, 11) is 8.16. The predicted octanol–water partition coefficient (Wildman–Crippen LogP) is 9.05. The van der Waals surface area contributed by atoms with Crippen LogP contribution in [0.25, 0.3) is 0 Å². The molecule has 0 spiro atoms. The summed E-state index contributed by atoms with van der Waals surface area (Å²) in [5, 5.41) is 0. The molecule has 4 bridgehead atoms. The number of rotatable bonds is 14. The SMILES string of the molecule is C=CCO[C@]1(C)C[C@@H](C)CN2CN3C(=O)O[C@](C)([C@@H](CC)OC(=O)C(C)(F)C(=O)[C@H](C)C1O[C@@H]1OC(C)CC(N(C)C)C1C)[C@H]3[C@H]2C.C=CCO[C@]1(C)C[C@@H](C)CN2CN3C(=O)O[C@](C)([C@@H](CC)OC(=O)[C@H](C)C(=O)[C@H](C)C1O[C@@H]1OC(C)CC(N(C)C)C1C)[C@H]3[C@H]2C. The van der Waals surface area contributed by atoms with E-state index < -0.39 is 119 Å². The summed E-state index contributed by atoms with van der Waals surface area (Å²) in [5.41, 5.74) is -7.40. The number of esters is 2. The van der Waals surface area contributed by atoms with E-state index in [4.69, 9.17) is 47.4 Å². The van der Waals surface area contributed by atoms with E-state index in [9.17, 15) is 28.8 Å². The van der Waals surface area contributed by atoms with Crippen molar-refractivity contribution in [2.75, 3.05) is 67.8 Å². The maximum atomic E-state index is 16.7. The van der Waals surface area contributed by atoms with Gasteiger partial charge in [-0.3, -0.25) is 34.0 Å². The quantitative estimate of drug-likeness (QED) is 0.0686. The molecule has 28 atom stereocenters. The maximum absolute atomic E-state index is 16.7. The summed E-state index contributed by atoms with van der Waals surface area (Å²) >= 11 is 0. The van der Waals surface area contributed by atoms with Gasteiger partial charge in [0.2, 0.25) is 0 Å². The van der Waals surface area contributed by atoms with Crippen molar-refractivity contribution in [1.82, 2.24) is 29.4 Å². The van der Waals surface area contributed by atoms with Gasteiger partial charge in [-0.2, -0.15) is 0 Å². The molecule has 0 saturated carbocycles. The van der Waals surface area contributed by atoms with Crippen LogP contribution in [-0.4, -0.2) is 246 Å². The summed E-state index contributed by atoms with van der Waals surface area (Å²) in [6, 6.07) is -0.592. The third-order valence-corrected chi connectivity index (χ3v) is 22.3. The fraction of sp³-hybridized carbons (Fsp3) is 0.857. The topological polar surface area (TPSA) is 214 Å². The molecule has 530 valence electrons. The highest BCUT2D eigenvalue weighted by molar-refractivity contribution is 6.08. The number of nitrogens with zero attached hydrogens (tertiary/aromatic N) is 6. The number of carbonyl (C=O) groups is 6. The first-order valence-corrected chi connectivity index (χ1v) is 34.4. The third-order valence-electron chi connectivity index (χ3n) is 22.3. The zero-order valence-electron chi connectivity index (χ0n) is 60.3. The van der Waals surface area contributed by atoms with Gasteiger partial charge in [-0.25, -0.2) is 18.8 Å². The monoisotopic (exact) mass is 1320 g/mol. The highest BCUT2D eigenvalue weighted by Crippen LogP contribution is 2.47. The minimum absolute atomic E-state index is 0.0112. The van der Waals surface area contributed by atoms with Crippen molar-refractivity contribution in [3.8, 4) is 0 Å². The number of hydrogen-bond acceptors (Lipinski definition) is 20. The molecule has 8 fully saturated rings. The van der Waals surface area contributed by atoms with Crippen molar-refractivity contribution in [3.05, 3.63) is 25.3 Å². The van der Waals surface area contributed by atoms with E-state index in [0.29, 0.717) is 45.7 Å². The number of cyclic esters (lactones) is 2. The number of amides is 2. The van der Waals surface area contributed by atoms with Gasteiger partial charge in [0, 0.05) is 60.9 Å². The van der Waals surface area contributed by atoms with Crippen molar-refractivity contribution < 1.29 is 80.5 Å². The third kappa shape index (κ3) is 15.3. The minimum atomic E-state index is -3.02. The van der Waals surface area contributed by atoms with Crippen molar-refractivity contribution >= 4 is 35.7 Å². The molecule has 93 heavy (non-hydrogen) atoms. The van der Waals surface area contributed by atoms with Gasteiger partial charge >= 0.3 is 24.1 Å². The second kappa shape index (κ2) is 29.9. The Hall–Kier alpha value is -4.17. The molecule has 0 aromatic rings. The normalized spacial score (nSPS) is 46.1. The van der Waals surface area contributed by atoms with Crippen LogP contribution in [0.15, 0.2) is 25.3 Å². The molecule has 0 N–H and O–H groups in total. The molecule has 0 radical (unpaired) electrons. The van der Waals surface area contributed by atoms with Crippen LogP contribution in [0.4, 0.5) is 14.0 Å². The van der Waals surface area contributed by atoms with Crippen molar-refractivity contribution in [2.45, 2.75) is 277 Å². The Balaban J connectivity index is 0.000000264. The molecule has 8 aliphatic heterocycles.